The fraction of sp³-hybridized carbons (Fsp3) is 0.417. The topological polar surface area (TPSA) is 49.3 Å². The monoisotopic (exact) mass is 331 g/mol. The van der Waals surface area contributed by atoms with Crippen LogP contribution in [-0.4, -0.2) is 17.1 Å². The maximum atomic E-state index is 11.4. The Morgan fingerprint density at radius 3 is 2.44 bits per heavy atom. The molecule has 16 heavy (non-hydrogen) atoms. The molecular weight excluding hydrogens is 317 g/mol. The van der Waals surface area contributed by atoms with Crippen LogP contribution in [0.1, 0.15) is 25.3 Å². The van der Waals surface area contributed by atoms with E-state index in [0.717, 1.165) is 22.0 Å². The van der Waals surface area contributed by atoms with Crippen LogP contribution in [0.4, 0.5) is 0 Å². The highest BCUT2D eigenvalue weighted by atomic mass is 127. The van der Waals surface area contributed by atoms with Crippen molar-refractivity contribution in [2.45, 2.75) is 31.3 Å². The number of carbonyl (C=O) groups is 1. The fourth-order valence-electron chi connectivity index (χ4n) is 1.69. The quantitative estimate of drug-likeness (QED) is 0.833. The molecule has 1 aromatic carbocycles. The van der Waals surface area contributed by atoms with Gasteiger partial charge in [0.25, 0.3) is 0 Å². The zero-order valence-electron chi connectivity index (χ0n) is 9.03. The SMILES string of the molecule is CC(NC1CC1)(C(=O)O)c1ccc(I)cc1. The van der Waals surface area contributed by atoms with Gasteiger partial charge in [-0.1, -0.05) is 12.1 Å². The first-order valence-corrected chi connectivity index (χ1v) is 6.37. The molecule has 1 aromatic rings. The van der Waals surface area contributed by atoms with E-state index in [1.807, 2.05) is 24.3 Å². The minimum absolute atomic E-state index is 0.361. The second kappa shape index (κ2) is 4.33. The number of carboxylic acids is 1. The molecule has 0 amide bonds. The Labute approximate surface area is 108 Å². The van der Waals surface area contributed by atoms with E-state index in [4.69, 9.17) is 0 Å². The Balaban J connectivity index is 2.30. The molecule has 4 heteroatoms. The van der Waals surface area contributed by atoms with Crippen molar-refractivity contribution >= 4 is 28.6 Å². The van der Waals surface area contributed by atoms with E-state index in [-0.39, 0.29) is 0 Å². The van der Waals surface area contributed by atoms with Crippen molar-refractivity contribution in [1.29, 1.82) is 0 Å². The molecule has 2 N–H and O–H groups in total. The Hall–Kier alpha value is -0.620. The van der Waals surface area contributed by atoms with Crippen LogP contribution in [0.2, 0.25) is 0 Å². The van der Waals surface area contributed by atoms with Crippen molar-refractivity contribution in [3.63, 3.8) is 0 Å². The summed E-state index contributed by atoms with van der Waals surface area (Å²) in [6, 6.07) is 7.99. The summed E-state index contributed by atoms with van der Waals surface area (Å²) in [5.41, 5.74) is -0.154. The third-order valence-electron chi connectivity index (χ3n) is 2.92. The van der Waals surface area contributed by atoms with Crippen LogP contribution in [0.3, 0.4) is 0 Å². The number of hydrogen-bond donors (Lipinski definition) is 2. The first-order chi connectivity index (χ1) is 7.52. The molecule has 0 radical (unpaired) electrons. The van der Waals surface area contributed by atoms with Gasteiger partial charge in [0.05, 0.1) is 0 Å². The van der Waals surface area contributed by atoms with Gasteiger partial charge in [-0.05, 0) is 60.1 Å². The van der Waals surface area contributed by atoms with Gasteiger partial charge < -0.3 is 5.11 Å². The standard InChI is InChI=1S/C12H14INO2/c1-12(11(15)16,14-10-6-7-10)8-2-4-9(13)5-3-8/h2-5,10,14H,6-7H2,1H3,(H,15,16). The summed E-state index contributed by atoms with van der Waals surface area (Å²) in [6.07, 6.45) is 2.15. The highest BCUT2D eigenvalue weighted by Gasteiger charge is 2.39. The number of halogens is 1. The van der Waals surface area contributed by atoms with Gasteiger partial charge in [-0.2, -0.15) is 0 Å². The molecular formula is C12H14INO2. The molecule has 0 saturated heterocycles. The van der Waals surface area contributed by atoms with Gasteiger partial charge in [-0.3, -0.25) is 5.32 Å². The molecule has 0 aromatic heterocycles. The average Bonchev–Trinajstić information content (AvgIpc) is 3.02. The summed E-state index contributed by atoms with van der Waals surface area (Å²) in [7, 11) is 0. The van der Waals surface area contributed by atoms with Gasteiger partial charge in [-0.25, -0.2) is 4.79 Å². The number of nitrogens with one attached hydrogen (secondary N) is 1. The molecule has 1 unspecified atom stereocenters. The predicted octanol–water partition coefficient (Wildman–Crippen LogP) is 2.34. The van der Waals surface area contributed by atoms with Gasteiger partial charge in [0.15, 0.2) is 0 Å². The molecule has 1 aliphatic rings. The molecule has 1 fully saturated rings. The maximum absolute atomic E-state index is 11.4. The second-order valence-corrected chi connectivity index (χ2v) is 5.60. The van der Waals surface area contributed by atoms with Crippen LogP contribution < -0.4 is 5.32 Å². The fourth-order valence-corrected chi connectivity index (χ4v) is 2.05. The first kappa shape index (κ1) is 11.9. The zero-order valence-corrected chi connectivity index (χ0v) is 11.2. The van der Waals surface area contributed by atoms with E-state index in [1.165, 1.54) is 0 Å². The van der Waals surface area contributed by atoms with Gasteiger partial charge in [-0.15, -0.1) is 0 Å². The van der Waals surface area contributed by atoms with E-state index in [1.54, 1.807) is 6.92 Å². The van der Waals surface area contributed by atoms with E-state index in [2.05, 4.69) is 27.9 Å². The lowest BCUT2D eigenvalue weighted by molar-refractivity contribution is -0.144. The highest BCUT2D eigenvalue weighted by molar-refractivity contribution is 14.1. The van der Waals surface area contributed by atoms with Crippen LogP contribution in [0.25, 0.3) is 0 Å². The van der Waals surface area contributed by atoms with Gasteiger partial charge >= 0.3 is 5.97 Å². The summed E-state index contributed by atoms with van der Waals surface area (Å²) in [5, 5.41) is 12.6. The summed E-state index contributed by atoms with van der Waals surface area (Å²) >= 11 is 2.21. The first-order valence-electron chi connectivity index (χ1n) is 5.29. The van der Waals surface area contributed by atoms with Crippen LogP contribution in [-0.2, 0) is 10.3 Å². The minimum atomic E-state index is -0.967. The summed E-state index contributed by atoms with van der Waals surface area (Å²) in [5.74, 6) is -0.819. The summed E-state index contributed by atoms with van der Waals surface area (Å²) < 4.78 is 1.11. The highest BCUT2D eigenvalue weighted by Crippen LogP contribution is 2.29. The molecule has 0 bridgehead atoms. The van der Waals surface area contributed by atoms with Crippen LogP contribution >= 0.6 is 22.6 Å². The lowest BCUT2D eigenvalue weighted by Crippen LogP contribution is -2.47. The van der Waals surface area contributed by atoms with Crippen LogP contribution in [0.15, 0.2) is 24.3 Å². The number of aliphatic carboxylic acids is 1. The Bertz CT molecular complexity index is 400. The Morgan fingerprint density at radius 1 is 1.44 bits per heavy atom. The van der Waals surface area contributed by atoms with E-state index >= 15 is 0 Å². The molecule has 3 nitrogen and oxygen atoms in total. The average molecular weight is 331 g/mol. The van der Waals surface area contributed by atoms with Crippen molar-refractivity contribution in [2.24, 2.45) is 0 Å². The van der Waals surface area contributed by atoms with Gasteiger partial charge in [0.2, 0.25) is 0 Å². The summed E-state index contributed by atoms with van der Waals surface area (Å²) in [6.45, 7) is 1.73. The van der Waals surface area contributed by atoms with Crippen molar-refractivity contribution in [3.8, 4) is 0 Å². The smallest absolute Gasteiger partial charge is 0.328 e. The minimum Gasteiger partial charge on any atom is -0.480 e. The molecule has 0 heterocycles. The Kier molecular flexibility index (Phi) is 3.21. The molecule has 1 saturated carbocycles. The molecule has 1 atom stereocenters. The number of rotatable bonds is 4. The van der Waals surface area contributed by atoms with E-state index in [0.29, 0.717) is 6.04 Å². The largest absolute Gasteiger partial charge is 0.480 e. The van der Waals surface area contributed by atoms with Crippen molar-refractivity contribution in [1.82, 2.24) is 5.32 Å². The number of benzene rings is 1. The molecule has 2 rings (SSSR count). The van der Waals surface area contributed by atoms with Crippen LogP contribution in [0, 0.1) is 3.57 Å². The molecule has 0 spiro atoms. The third kappa shape index (κ3) is 2.38. The summed E-state index contributed by atoms with van der Waals surface area (Å²) in [4.78, 5) is 11.4. The lowest BCUT2D eigenvalue weighted by atomic mass is 9.92. The number of carboxylic acid groups (broad SMARTS) is 1. The second-order valence-electron chi connectivity index (χ2n) is 4.36. The third-order valence-corrected chi connectivity index (χ3v) is 3.64. The lowest BCUT2D eigenvalue weighted by Gasteiger charge is -2.27. The normalized spacial score (nSPS) is 19.1. The molecule has 0 aliphatic heterocycles. The van der Waals surface area contributed by atoms with Gasteiger partial charge in [0, 0.05) is 9.61 Å². The van der Waals surface area contributed by atoms with Crippen molar-refractivity contribution in [2.75, 3.05) is 0 Å². The maximum Gasteiger partial charge on any atom is 0.328 e. The van der Waals surface area contributed by atoms with Gasteiger partial charge in [0.1, 0.15) is 5.54 Å². The zero-order chi connectivity index (χ0) is 11.8. The van der Waals surface area contributed by atoms with E-state index < -0.39 is 11.5 Å². The molecule has 1 aliphatic carbocycles. The predicted molar refractivity (Wildman–Crippen MR) is 70.3 cm³/mol. The van der Waals surface area contributed by atoms with Crippen LogP contribution in [0.5, 0.6) is 0 Å². The van der Waals surface area contributed by atoms with Crippen molar-refractivity contribution in [3.05, 3.63) is 33.4 Å². The number of hydrogen-bond acceptors (Lipinski definition) is 2. The van der Waals surface area contributed by atoms with Crippen molar-refractivity contribution < 1.29 is 9.90 Å². The molecule has 86 valence electrons. The Morgan fingerprint density at radius 2 is 2.00 bits per heavy atom. The van der Waals surface area contributed by atoms with E-state index in [9.17, 15) is 9.90 Å².